The van der Waals surface area contributed by atoms with Gasteiger partial charge < -0.3 is 4.90 Å². The monoisotopic (exact) mass is 433 g/mol. The van der Waals surface area contributed by atoms with E-state index in [-0.39, 0.29) is 17.3 Å². The van der Waals surface area contributed by atoms with E-state index in [1.807, 2.05) is 24.3 Å². The molecular weight excluding hydrogens is 413 g/mol. The zero-order chi connectivity index (χ0) is 20.6. The third-order valence-electron chi connectivity index (χ3n) is 5.00. The fourth-order valence-electron chi connectivity index (χ4n) is 3.54. The van der Waals surface area contributed by atoms with Crippen molar-refractivity contribution >= 4 is 37.5 Å². The normalized spacial score (nSPS) is 17.7. The van der Waals surface area contributed by atoms with Crippen molar-refractivity contribution in [1.29, 1.82) is 0 Å². The maximum absolute atomic E-state index is 13.2. The van der Waals surface area contributed by atoms with Crippen LogP contribution in [0.4, 0.5) is 4.39 Å². The van der Waals surface area contributed by atoms with Gasteiger partial charge >= 0.3 is 0 Å². The first kappa shape index (κ1) is 19.9. The molecular formula is C20H20FN3O3S2. The number of carbonyl (C=O) groups is 1. The summed E-state index contributed by atoms with van der Waals surface area (Å²) in [6.07, 6.45) is 1.06. The Hall–Kier alpha value is -2.36. The summed E-state index contributed by atoms with van der Waals surface area (Å²) in [7, 11) is -2.21. The molecule has 1 aliphatic heterocycles. The molecule has 1 aliphatic rings. The molecule has 0 N–H and O–H groups in total. The van der Waals surface area contributed by atoms with Crippen LogP contribution in [0.25, 0.3) is 10.2 Å². The van der Waals surface area contributed by atoms with Gasteiger partial charge in [-0.1, -0.05) is 12.1 Å². The van der Waals surface area contributed by atoms with Crippen LogP contribution < -0.4 is 0 Å². The number of aromatic nitrogens is 1. The molecule has 9 heteroatoms. The van der Waals surface area contributed by atoms with E-state index < -0.39 is 21.9 Å². The molecule has 152 valence electrons. The van der Waals surface area contributed by atoms with Crippen LogP contribution >= 0.6 is 11.3 Å². The summed E-state index contributed by atoms with van der Waals surface area (Å²) in [5, 5.41) is 0.799. The lowest BCUT2D eigenvalue weighted by Gasteiger charge is -2.27. The van der Waals surface area contributed by atoms with E-state index in [9.17, 15) is 17.6 Å². The highest BCUT2D eigenvalue weighted by atomic mass is 32.2. The lowest BCUT2D eigenvalue weighted by Crippen LogP contribution is -2.46. The van der Waals surface area contributed by atoms with Crippen LogP contribution in [0, 0.1) is 5.82 Å². The molecule has 0 radical (unpaired) electrons. The third-order valence-corrected chi connectivity index (χ3v) is 7.94. The van der Waals surface area contributed by atoms with Gasteiger partial charge in [-0.05, 0) is 49.2 Å². The van der Waals surface area contributed by atoms with E-state index in [1.54, 1.807) is 7.05 Å². The van der Waals surface area contributed by atoms with E-state index in [0.717, 1.165) is 27.4 Å². The minimum atomic E-state index is -3.87. The minimum absolute atomic E-state index is 0.00701. The summed E-state index contributed by atoms with van der Waals surface area (Å²) in [6.45, 7) is 0.588. The largest absolute Gasteiger partial charge is 0.338 e. The molecule has 6 nitrogen and oxygen atoms in total. The molecule has 1 fully saturated rings. The third kappa shape index (κ3) is 3.90. The smallest absolute Gasteiger partial charge is 0.243 e. The molecule has 29 heavy (non-hydrogen) atoms. The summed E-state index contributed by atoms with van der Waals surface area (Å²) in [5.74, 6) is -0.763. The van der Waals surface area contributed by atoms with Crippen LogP contribution in [0.3, 0.4) is 0 Å². The topological polar surface area (TPSA) is 70.6 Å². The molecule has 4 rings (SSSR count). The number of nitrogens with zero attached hydrogens (tertiary/aromatic N) is 3. The van der Waals surface area contributed by atoms with Crippen LogP contribution in [-0.4, -0.2) is 48.1 Å². The zero-order valence-corrected chi connectivity index (χ0v) is 17.4. The van der Waals surface area contributed by atoms with Gasteiger partial charge in [0.2, 0.25) is 15.9 Å². The molecule has 0 saturated carbocycles. The molecule has 1 saturated heterocycles. The first-order valence-electron chi connectivity index (χ1n) is 9.23. The van der Waals surface area contributed by atoms with E-state index in [0.29, 0.717) is 19.4 Å². The van der Waals surface area contributed by atoms with Gasteiger partial charge in [0.15, 0.2) is 0 Å². The van der Waals surface area contributed by atoms with Gasteiger partial charge in [0.25, 0.3) is 0 Å². The van der Waals surface area contributed by atoms with Gasteiger partial charge in [-0.25, -0.2) is 17.8 Å². The van der Waals surface area contributed by atoms with Crippen molar-refractivity contribution in [2.75, 3.05) is 13.6 Å². The number of hydrogen-bond donors (Lipinski definition) is 0. The van der Waals surface area contributed by atoms with E-state index >= 15 is 0 Å². The Morgan fingerprint density at radius 3 is 2.69 bits per heavy atom. The molecule has 2 aromatic carbocycles. The number of thiazole rings is 1. The molecule has 2 heterocycles. The van der Waals surface area contributed by atoms with Crippen molar-refractivity contribution in [1.82, 2.24) is 14.2 Å². The predicted molar refractivity (Wildman–Crippen MR) is 109 cm³/mol. The quantitative estimate of drug-likeness (QED) is 0.619. The number of sulfonamides is 1. The summed E-state index contributed by atoms with van der Waals surface area (Å²) in [5.41, 5.74) is 0.884. The molecule has 1 aromatic heterocycles. The van der Waals surface area contributed by atoms with Crippen molar-refractivity contribution in [2.24, 2.45) is 0 Å². The van der Waals surface area contributed by atoms with Crippen LogP contribution in [0.15, 0.2) is 53.4 Å². The number of rotatable bonds is 5. The second-order valence-electron chi connectivity index (χ2n) is 7.00. The first-order valence-corrected chi connectivity index (χ1v) is 11.5. The Morgan fingerprint density at radius 2 is 1.97 bits per heavy atom. The van der Waals surface area contributed by atoms with E-state index in [2.05, 4.69) is 4.98 Å². The number of amides is 1. The predicted octanol–water partition coefficient (Wildman–Crippen LogP) is 3.25. The van der Waals surface area contributed by atoms with Gasteiger partial charge in [-0.3, -0.25) is 4.79 Å². The molecule has 0 spiro atoms. The van der Waals surface area contributed by atoms with Gasteiger partial charge in [-0.2, -0.15) is 4.31 Å². The van der Waals surface area contributed by atoms with Gasteiger partial charge in [0, 0.05) is 13.6 Å². The standard InChI is InChI=1S/C20H20FN3O3S2/c1-23(13-19-22-16-5-2-3-7-18(16)28-19)20(25)17-6-4-12-24(17)29(26,27)15-10-8-14(21)9-11-15/h2-3,5,7-11,17H,4,6,12-13H2,1H3/t17-/m1/s1. The Bertz CT molecular complexity index is 1110. The van der Waals surface area contributed by atoms with Gasteiger partial charge in [0.1, 0.15) is 16.9 Å². The number of benzene rings is 2. The highest BCUT2D eigenvalue weighted by molar-refractivity contribution is 7.89. The van der Waals surface area contributed by atoms with Crippen molar-refractivity contribution in [3.8, 4) is 0 Å². The van der Waals surface area contributed by atoms with Crippen LogP contribution in [-0.2, 0) is 21.4 Å². The fraction of sp³-hybridized carbons (Fsp3) is 0.300. The lowest BCUT2D eigenvalue weighted by atomic mass is 10.2. The number of likely N-dealkylation sites (N-methyl/N-ethyl adjacent to an activating group) is 1. The molecule has 1 atom stereocenters. The second kappa shape index (κ2) is 7.81. The molecule has 0 bridgehead atoms. The summed E-state index contributed by atoms with van der Waals surface area (Å²) in [6, 6.07) is 11.7. The Kier molecular flexibility index (Phi) is 5.37. The SMILES string of the molecule is CN(Cc1nc2ccccc2s1)C(=O)[C@H]1CCCN1S(=O)(=O)c1ccc(F)cc1. The Balaban J connectivity index is 1.52. The highest BCUT2D eigenvalue weighted by Crippen LogP contribution is 2.28. The van der Waals surface area contributed by atoms with Gasteiger partial charge in [-0.15, -0.1) is 11.3 Å². The molecule has 1 amide bonds. The van der Waals surface area contributed by atoms with Crippen molar-refractivity contribution in [2.45, 2.75) is 30.3 Å². The maximum Gasteiger partial charge on any atom is 0.243 e. The van der Waals surface area contributed by atoms with Crippen LogP contribution in [0.1, 0.15) is 17.8 Å². The fourth-order valence-corrected chi connectivity index (χ4v) is 6.21. The second-order valence-corrected chi connectivity index (χ2v) is 10.0. The van der Waals surface area contributed by atoms with E-state index in [1.165, 1.54) is 32.7 Å². The number of carbonyl (C=O) groups excluding carboxylic acids is 1. The molecule has 0 aliphatic carbocycles. The van der Waals surface area contributed by atoms with Gasteiger partial charge in [0.05, 0.1) is 21.7 Å². The molecule has 0 unspecified atom stereocenters. The maximum atomic E-state index is 13.2. The number of halogens is 1. The summed E-state index contributed by atoms with van der Waals surface area (Å²) < 4.78 is 41.4. The van der Waals surface area contributed by atoms with Crippen molar-refractivity contribution in [3.63, 3.8) is 0 Å². The van der Waals surface area contributed by atoms with Crippen molar-refractivity contribution in [3.05, 3.63) is 59.4 Å². The minimum Gasteiger partial charge on any atom is -0.338 e. The lowest BCUT2D eigenvalue weighted by molar-refractivity contribution is -0.133. The number of hydrogen-bond acceptors (Lipinski definition) is 5. The number of para-hydroxylation sites is 1. The Labute approximate surface area is 172 Å². The summed E-state index contributed by atoms with van der Waals surface area (Å²) in [4.78, 5) is 19.1. The van der Waals surface area contributed by atoms with E-state index in [4.69, 9.17) is 0 Å². The average molecular weight is 434 g/mol. The van der Waals surface area contributed by atoms with Crippen LogP contribution in [0.2, 0.25) is 0 Å². The van der Waals surface area contributed by atoms with Crippen LogP contribution in [0.5, 0.6) is 0 Å². The zero-order valence-electron chi connectivity index (χ0n) is 15.8. The highest BCUT2D eigenvalue weighted by Gasteiger charge is 2.40. The first-order chi connectivity index (χ1) is 13.9. The number of fused-ring (bicyclic) bond motifs is 1. The Morgan fingerprint density at radius 1 is 1.24 bits per heavy atom. The summed E-state index contributed by atoms with van der Waals surface area (Å²) >= 11 is 1.52. The van der Waals surface area contributed by atoms with Crippen molar-refractivity contribution < 1.29 is 17.6 Å². The average Bonchev–Trinajstić information content (AvgIpc) is 3.34. The molecule has 3 aromatic rings.